The molecule has 0 bridgehead atoms. The van der Waals surface area contributed by atoms with Gasteiger partial charge in [-0.2, -0.15) is 0 Å². The highest BCUT2D eigenvalue weighted by Gasteiger charge is 2.34. The van der Waals surface area contributed by atoms with Gasteiger partial charge in [0.1, 0.15) is 5.82 Å². The van der Waals surface area contributed by atoms with Gasteiger partial charge in [0.05, 0.1) is 13.1 Å². The van der Waals surface area contributed by atoms with Crippen LogP contribution in [0.3, 0.4) is 0 Å². The number of benzene rings is 1. The molecule has 0 aromatic heterocycles. The summed E-state index contributed by atoms with van der Waals surface area (Å²) in [7, 11) is 0.416. The molecule has 1 aromatic rings. The Kier molecular flexibility index (Phi) is 5.39. The number of rotatable bonds is 3. The average molecular weight is 348 g/mol. The van der Waals surface area contributed by atoms with Crippen LogP contribution in [0.25, 0.3) is 0 Å². The van der Waals surface area contributed by atoms with Crippen molar-refractivity contribution >= 4 is 24.5 Å². The van der Waals surface area contributed by atoms with Gasteiger partial charge in [-0.25, -0.2) is 4.39 Å². The molecule has 2 aliphatic rings. The van der Waals surface area contributed by atoms with Crippen molar-refractivity contribution < 1.29 is 23.3 Å². The van der Waals surface area contributed by atoms with Crippen LogP contribution < -0.4 is 5.46 Å². The summed E-state index contributed by atoms with van der Waals surface area (Å²) in [5, 5.41) is 0. The van der Waals surface area contributed by atoms with Gasteiger partial charge in [0.25, 0.3) is 0 Å². The molecular formula is C17H22BFN2O4. The SMILES string of the molecule is C[C@@H]1CCCN1Cc1ccc(B2OC(=O)CN(C)CC(=O)O2)cc1F. The Morgan fingerprint density at radius 3 is 2.48 bits per heavy atom. The first-order valence-electron chi connectivity index (χ1n) is 8.52. The van der Waals surface area contributed by atoms with Gasteiger partial charge in [-0.3, -0.25) is 19.4 Å². The normalized spacial score (nSPS) is 23.2. The van der Waals surface area contributed by atoms with Crippen LogP contribution in [0.1, 0.15) is 25.3 Å². The van der Waals surface area contributed by atoms with Gasteiger partial charge < -0.3 is 9.31 Å². The molecule has 1 aromatic carbocycles. The number of likely N-dealkylation sites (N-methyl/N-ethyl adjacent to an activating group) is 1. The standard InChI is InChI=1S/C17H22BFN2O4/c1-12-4-3-7-21(12)9-13-5-6-14(8-15(13)19)18-24-16(22)10-20(2)11-17(23)25-18/h5-6,8,12H,3-4,7,9-11H2,1-2H3/t12-/m1/s1. The molecule has 2 aliphatic heterocycles. The summed E-state index contributed by atoms with van der Waals surface area (Å²) in [5.74, 6) is -1.42. The van der Waals surface area contributed by atoms with Gasteiger partial charge in [0.2, 0.25) is 0 Å². The van der Waals surface area contributed by atoms with Crippen LogP contribution in [0.2, 0.25) is 0 Å². The minimum absolute atomic E-state index is 0.0149. The molecule has 0 saturated carbocycles. The van der Waals surface area contributed by atoms with Crippen LogP contribution in [-0.2, 0) is 25.4 Å². The van der Waals surface area contributed by atoms with Gasteiger partial charge in [0, 0.05) is 23.6 Å². The highest BCUT2D eigenvalue weighted by atomic mass is 19.1. The number of nitrogens with zero attached hydrogens (tertiary/aromatic N) is 2. The molecule has 0 N–H and O–H groups in total. The number of likely N-dealkylation sites (tertiary alicyclic amines) is 1. The van der Waals surface area contributed by atoms with Crippen molar-refractivity contribution in [3.05, 3.63) is 29.6 Å². The van der Waals surface area contributed by atoms with E-state index in [-0.39, 0.29) is 18.9 Å². The third kappa shape index (κ3) is 4.38. The van der Waals surface area contributed by atoms with Crippen molar-refractivity contribution in [2.75, 3.05) is 26.7 Å². The maximum absolute atomic E-state index is 14.5. The predicted octanol–water partition coefficient (Wildman–Crippen LogP) is 0.537. The molecule has 0 spiro atoms. The van der Waals surface area contributed by atoms with Crippen molar-refractivity contribution in [2.24, 2.45) is 0 Å². The highest BCUT2D eigenvalue weighted by Crippen LogP contribution is 2.20. The minimum atomic E-state index is -1.21. The molecule has 0 aliphatic carbocycles. The minimum Gasteiger partial charge on any atom is -0.494 e. The molecular weight excluding hydrogens is 326 g/mol. The Morgan fingerprint density at radius 2 is 1.92 bits per heavy atom. The third-order valence-electron chi connectivity index (χ3n) is 4.69. The van der Waals surface area contributed by atoms with Gasteiger partial charge >= 0.3 is 19.1 Å². The van der Waals surface area contributed by atoms with E-state index in [0.29, 0.717) is 23.6 Å². The van der Waals surface area contributed by atoms with E-state index in [2.05, 4.69) is 11.8 Å². The Morgan fingerprint density at radius 1 is 1.24 bits per heavy atom. The van der Waals surface area contributed by atoms with Crippen molar-refractivity contribution in [2.45, 2.75) is 32.4 Å². The lowest BCUT2D eigenvalue weighted by atomic mass is 9.78. The monoisotopic (exact) mass is 348 g/mol. The van der Waals surface area contributed by atoms with E-state index in [1.54, 1.807) is 19.2 Å². The largest absolute Gasteiger partial charge is 0.636 e. The predicted molar refractivity (Wildman–Crippen MR) is 90.6 cm³/mol. The summed E-state index contributed by atoms with van der Waals surface area (Å²) >= 11 is 0. The molecule has 0 amide bonds. The first-order chi connectivity index (χ1) is 11.9. The number of hydrogen-bond acceptors (Lipinski definition) is 6. The smallest absolute Gasteiger partial charge is 0.494 e. The zero-order valence-electron chi connectivity index (χ0n) is 14.5. The zero-order valence-corrected chi connectivity index (χ0v) is 14.5. The van der Waals surface area contributed by atoms with Crippen molar-refractivity contribution in [1.29, 1.82) is 0 Å². The molecule has 6 nitrogen and oxygen atoms in total. The first kappa shape index (κ1) is 17.9. The summed E-state index contributed by atoms with van der Waals surface area (Å²) < 4.78 is 24.8. The highest BCUT2D eigenvalue weighted by molar-refractivity contribution is 6.64. The lowest BCUT2D eigenvalue weighted by molar-refractivity contribution is -0.145. The Hall–Kier alpha value is -1.93. The van der Waals surface area contributed by atoms with Gasteiger partial charge in [-0.1, -0.05) is 12.1 Å². The molecule has 25 heavy (non-hydrogen) atoms. The molecule has 134 valence electrons. The van der Waals surface area contributed by atoms with Crippen molar-refractivity contribution in [3.8, 4) is 0 Å². The van der Waals surface area contributed by atoms with E-state index in [1.807, 2.05) is 0 Å². The molecule has 3 rings (SSSR count). The van der Waals surface area contributed by atoms with Gasteiger partial charge in [-0.15, -0.1) is 0 Å². The molecule has 0 unspecified atom stereocenters. The zero-order chi connectivity index (χ0) is 18.0. The molecule has 2 saturated heterocycles. The van der Waals surface area contributed by atoms with E-state index >= 15 is 0 Å². The Bertz CT molecular complexity index is 652. The number of carbonyl (C=O) groups is 2. The lowest BCUT2D eigenvalue weighted by Crippen LogP contribution is -2.48. The van der Waals surface area contributed by atoms with Crippen molar-refractivity contribution in [3.63, 3.8) is 0 Å². The van der Waals surface area contributed by atoms with Crippen LogP contribution in [0, 0.1) is 5.82 Å². The fourth-order valence-corrected chi connectivity index (χ4v) is 3.25. The molecule has 1 atom stereocenters. The quantitative estimate of drug-likeness (QED) is 0.743. The fraction of sp³-hybridized carbons (Fsp3) is 0.529. The summed E-state index contributed by atoms with van der Waals surface area (Å²) in [6.07, 6.45) is 2.26. The Balaban J connectivity index is 1.74. The number of carbonyl (C=O) groups excluding carboxylic acids is 2. The first-order valence-corrected chi connectivity index (χ1v) is 8.52. The van der Waals surface area contributed by atoms with Crippen LogP contribution in [0.15, 0.2) is 18.2 Å². The Labute approximate surface area is 147 Å². The van der Waals surface area contributed by atoms with Crippen molar-refractivity contribution in [1.82, 2.24) is 9.80 Å². The van der Waals surface area contributed by atoms with Crippen LogP contribution in [0.4, 0.5) is 4.39 Å². The molecule has 8 heteroatoms. The second-order valence-electron chi connectivity index (χ2n) is 6.80. The topological polar surface area (TPSA) is 59.1 Å². The third-order valence-corrected chi connectivity index (χ3v) is 4.69. The van der Waals surface area contributed by atoms with E-state index in [0.717, 1.165) is 19.4 Å². The van der Waals surface area contributed by atoms with Gasteiger partial charge in [0.15, 0.2) is 0 Å². The summed E-state index contributed by atoms with van der Waals surface area (Å²) in [4.78, 5) is 27.3. The van der Waals surface area contributed by atoms with E-state index < -0.39 is 19.1 Å². The molecule has 2 fully saturated rings. The summed E-state index contributed by atoms with van der Waals surface area (Å²) in [6.45, 7) is 3.62. The van der Waals surface area contributed by atoms with E-state index in [4.69, 9.17) is 9.31 Å². The summed E-state index contributed by atoms with van der Waals surface area (Å²) in [5.41, 5.74) is 0.905. The fourth-order valence-electron chi connectivity index (χ4n) is 3.25. The number of halogens is 1. The maximum Gasteiger partial charge on any atom is 0.636 e. The lowest BCUT2D eigenvalue weighted by Gasteiger charge is -2.23. The van der Waals surface area contributed by atoms with Crippen LogP contribution >= 0.6 is 0 Å². The van der Waals surface area contributed by atoms with E-state index in [9.17, 15) is 14.0 Å². The van der Waals surface area contributed by atoms with E-state index in [1.165, 1.54) is 11.0 Å². The number of hydrogen-bond donors (Lipinski definition) is 0. The van der Waals surface area contributed by atoms with Gasteiger partial charge in [-0.05, 0) is 39.4 Å². The molecule has 0 radical (unpaired) electrons. The molecule has 2 heterocycles. The van der Waals surface area contributed by atoms with Crippen LogP contribution in [-0.4, -0.2) is 61.6 Å². The summed E-state index contributed by atoms with van der Waals surface area (Å²) in [6, 6.07) is 5.05. The second-order valence-corrected chi connectivity index (χ2v) is 6.80. The van der Waals surface area contributed by atoms with Crippen LogP contribution in [0.5, 0.6) is 0 Å². The maximum atomic E-state index is 14.5. The average Bonchev–Trinajstić information content (AvgIpc) is 2.92. The second kappa shape index (κ2) is 7.53.